The van der Waals surface area contributed by atoms with Crippen molar-refractivity contribution >= 4 is 27.6 Å². The molecule has 0 fully saturated rings. The number of carboxylic acid groups (broad SMARTS) is 1. The third-order valence-corrected chi connectivity index (χ3v) is 4.45. The molecule has 3 nitrogen and oxygen atoms in total. The summed E-state index contributed by atoms with van der Waals surface area (Å²) in [6, 6.07) is 15.8. The summed E-state index contributed by atoms with van der Waals surface area (Å²) in [6.07, 6.45) is 0. The van der Waals surface area contributed by atoms with E-state index in [1.807, 2.05) is 42.5 Å². The zero-order valence-corrected chi connectivity index (χ0v) is 12.4. The monoisotopic (exact) mass is 331 g/mol. The Morgan fingerprint density at radius 3 is 2.65 bits per heavy atom. The minimum atomic E-state index is -0.757. The van der Waals surface area contributed by atoms with Gasteiger partial charge in [0.05, 0.1) is 0 Å². The van der Waals surface area contributed by atoms with Crippen molar-refractivity contribution in [2.45, 2.75) is 12.5 Å². The molecule has 0 amide bonds. The van der Waals surface area contributed by atoms with Gasteiger partial charge in [-0.05, 0) is 23.3 Å². The zero-order chi connectivity index (χ0) is 14.1. The molecular formula is C16H14BrNO2. The summed E-state index contributed by atoms with van der Waals surface area (Å²) in [5.41, 5.74) is 3.09. The Balaban J connectivity index is 1.93. The van der Waals surface area contributed by atoms with Crippen molar-refractivity contribution in [3.8, 4) is 0 Å². The van der Waals surface area contributed by atoms with E-state index in [9.17, 15) is 9.90 Å². The molecule has 0 saturated carbocycles. The number of carbonyl (C=O) groups is 1. The molecule has 0 bridgehead atoms. The average molecular weight is 332 g/mol. The molecule has 2 aromatic carbocycles. The van der Waals surface area contributed by atoms with E-state index in [-0.39, 0.29) is 0 Å². The van der Waals surface area contributed by atoms with Gasteiger partial charge in [0, 0.05) is 23.2 Å². The lowest BCUT2D eigenvalue weighted by molar-refractivity contribution is -0.138. The van der Waals surface area contributed by atoms with E-state index in [4.69, 9.17) is 0 Å². The van der Waals surface area contributed by atoms with Crippen LogP contribution in [0.1, 0.15) is 17.0 Å². The predicted molar refractivity (Wildman–Crippen MR) is 82.0 cm³/mol. The van der Waals surface area contributed by atoms with Crippen LogP contribution < -0.4 is 4.90 Å². The molecule has 1 heterocycles. The maximum absolute atomic E-state index is 11.4. The lowest BCUT2D eigenvalue weighted by atomic mass is 10.0. The van der Waals surface area contributed by atoms with Crippen molar-refractivity contribution in [3.63, 3.8) is 0 Å². The van der Waals surface area contributed by atoms with Gasteiger partial charge in [0.2, 0.25) is 0 Å². The molecule has 0 aliphatic carbocycles. The van der Waals surface area contributed by atoms with Gasteiger partial charge in [0.25, 0.3) is 0 Å². The summed E-state index contributed by atoms with van der Waals surface area (Å²) in [4.78, 5) is 13.5. The number of fused-ring (bicyclic) bond motifs is 1. The fourth-order valence-electron chi connectivity index (χ4n) is 2.68. The number of hydrogen-bond acceptors (Lipinski definition) is 2. The first-order valence-electron chi connectivity index (χ1n) is 6.47. The molecule has 0 aromatic heterocycles. The van der Waals surface area contributed by atoms with Crippen LogP contribution in [-0.2, 0) is 11.3 Å². The molecule has 20 heavy (non-hydrogen) atoms. The highest BCUT2D eigenvalue weighted by molar-refractivity contribution is 9.10. The summed E-state index contributed by atoms with van der Waals surface area (Å²) in [5, 5.41) is 9.36. The molecule has 0 radical (unpaired) electrons. The number of hydrogen-bond donors (Lipinski definition) is 1. The van der Waals surface area contributed by atoms with Crippen LogP contribution in [0.15, 0.2) is 53.0 Å². The Labute approximate surface area is 126 Å². The van der Waals surface area contributed by atoms with Crippen LogP contribution in [0.2, 0.25) is 0 Å². The Bertz CT molecular complexity index is 656. The largest absolute Gasteiger partial charge is 0.481 e. The standard InChI is InChI=1S/C16H14BrNO2/c17-14-7-3-1-5-11(14)9-18-10-13(16(19)20)12-6-2-4-8-15(12)18/h1-8,13H,9-10H2,(H,19,20). The van der Waals surface area contributed by atoms with Crippen LogP contribution in [0.4, 0.5) is 5.69 Å². The Kier molecular flexibility index (Phi) is 3.49. The fourth-order valence-corrected chi connectivity index (χ4v) is 3.09. The normalized spacial score (nSPS) is 17.1. The Morgan fingerprint density at radius 2 is 1.90 bits per heavy atom. The second kappa shape index (κ2) is 5.29. The number of halogens is 1. The first-order chi connectivity index (χ1) is 9.66. The quantitative estimate of drug-likeness (QED) is 0.933. The summed E-state index contributed by atoms with van der Waals surface area (Å²) < 4.78 is 1.05. The maximum Gasteiger partial charge on any atom is 0.312 e. The van der Waals surface area contributed by atoms with Gasteiger partial charge in [-0.2, -0.15) is 0 Å². The van der Waals surface area contributed by atoms with Crippen LogP contribution in [0.3, 0.4) is 0 Å². The second-order valence-electron chi connectivity index (χ2n) is 4.92. The highest BCUT2D eigenvalue weighted by atomic mass is 79.9. The molecule has 1 unspecified atom stereocenters. The second-order valence-corrected chi connectivity index (χ2v) is 5.78. The van der Waals surface area contributed by atoms with Crippen molar-refractivity contribution < 1.29 is 9.90 Å². The van der Waals surface area contributed by atoms with E-state index in [0.717, 1.165) is 21.3 Å². The van der Waals surface area contributed by atoms with Gasteiger partial charge in [-0.25, -0.2) is 0 Å². The minimum absolute atomic E-state index is 0.436. The van der Waals surface area contributed by atoms with E-state index in [2.05, 4.69) is 26.9 Å². The first-order valence-corrected chi connectivity index (χ1v) is 7.26. The Hall–Kier alpha value is -1.81. The molecule has 1 atom stereocenters. The highest BCUT2D eigenvalue weighted by Crippen LogP contribution is 2.37. The first kappa shape index (κ1) is 13.2. The van der Waals surface area contributed by atoms with Crippen molar-refractivity contribution in [1.82, 2.24) is 0 Å². The lowest BCUT2D eigenvalue weighted by Gasteiger charge is -2.20. The zero-order valence-electron chi connectivity index (χ0n) is 10.8. The molecule has 102 valence electrons. The number of benzene rings is 2. The van der Waals surface area contributed by atoms with E-state index in [1.54, 1.807) is 0 Å². The summed E-state index contributed by atoms with van der Waals surface area (Å²) >= 11 is 3.54. The molecule has 3 rings (SSSR count). The third kappa shape index (κ3) is 2.31. The molecule has 1 aliphatic rings. The number of rotatable bonds is 3. The number of aliphatic carboxylic acids is 1. The number of para-hydroxylation sites is 1. The molecule has 0 saturated heterocycles. The topological polar surface area (TPSA) is 40.5 Å². The smallest absolute Gasteiger partial charge is 0.312 e. The average Bonchev–Trinajstić information content (AvgIpc) is 2.81. The minimum Gasteiger partial charge on any atom is -0.481 e. The summed E-state index contributed by atoms with van der Waals surface area (Å²) in [6.45, 7) is 1.23. The molecular weight excluding hydrogens is 318 g/mol. The molecule has 2 aromatic rings. The number of anilines is 1. The van der Waals surface area contributed by atoms with Crippen molar-refractivity contribution in [2.24, 2.45) is 0 Å². The van der Waals surface area contributed by atoms with Gasteiger partial charge < -0.3 is 10.0 Å². The molecule has 1 aliphatic heterocycles. The summed E-state index contributed by atoms with van der Waals surface area (Å²) in [5.74, 6) is -1.19. The van der Waals surface area contributed by atoms with Crippen molar-refractivity contribution in [2.75, 3.05) is 11.4 Å². The summed E-state index contributed by atoms with van der Waals surface area (Å²) in [7, 11) is 0. The van der Waals surface area contributed by atoms with Crippen LogP contribution >= 0.6 is 15.9 Å². The van der Waals surface area contributed by atoms with Crippen LogP contribution in [0.5, 0.6) is 0 Å². The van der Waals surface area contributed by atoms with Crippen LogP contribution in [0.25, 0.3) is 0 Å². The van der Waals surface area contributed by atoms with E-state index in [0.29, 0.717) is 13.1 Å². The van der Waals surface area contributed by atoms with E-state index >= 15 is 0 Å². The molecule has 4 heteroatoms. The van der Waals surface area contributed by atoms with Gasteiger partial charge >= 0.3 is 5.97 Å². The predicted octanol–water partition coefficient (Wildman–Crippen LogP) is 3.64. The van der Waals surface area contributed by atoms with Crippen molar-refractivity contribution in [1.29, 1.82) is 0 Å². The van der Waals surface area contributed by atoms with Gasteiger partial charge in [-0.15, -0.1) is 0 Å². The molecule has 0 spiro atoms. The van der Waals surface area contributed by atoms with Gasteiger partial charge in [-0.3, -0.25) is 4.79 Å². The Morgan fingerprint density at radius 1 is 1.20 bits per heavy atom. The van der Waals surface area contributed by atoms with Gasteiger partial charge in [-0.1, -0.05) is 52.3 Å². The SMILES string of the molecule is O=C(O)C1CN(Cc2ccccc2Br)c2ccccc21. The van der Waals surface area contributed by atoms with Gasteiger partial charge in [0.15, 0.2) is 0 Å². The lowest BCUT2D eigenvalue weighted by Crippen LogP contribution is -2.24. The third-order valence-electron chi connectivity index (χ3n) is 3.67. The number of carboxylic acids is 1. The van der Waals surface area contributed by atoms with Crippen LogP contribution in [-0.4, -0.2) is 17.6 Å². The van der Waals surface area contributed by atoms with E-state index in [1.165, 1.54) is 0 Å². The fraction of sp³-hybridized carbons (Fsp3) is 0.188. The highest BCUT2D eigenvalue weighted by Gasteiger charge is 2.33. The van der Waals surface area contributed by atoms with Crippen LogP contribution in [0, 0.1) is 0 Å². The maximum atomic E-state index is 11.4. The van der Waals surface area contributed by atoms with Crippen molar-refractivity contribution in [3.05, 3.63) is 64.1 Å². The van der Waals surface area contributed by atoms with Gasteiger partial charge in [0.1, 0.15) is 5.92 Å². The number of nitrogens with zero attached hydrogens (tertiary/aromatic N) is 1. The molecule has 1 N–H and O–H groups in total. The van der Waals surface area contributed by atoms with E-state index < -0.39 is 11.9 Å².